The van der Waals surface area contributed by atoms with Gasteiger partial charge in [0.1, 0.15) is 11.0 Å². The van der Waals surface area contributed by atoms with E-state index in [9.17, 15) is 15.0 Å². The largest absolute Gasteiger partial charge is 0.481 e. The van der Waals surface area contributed by atoms with Crippen LogP contribution in [0.2, 0.25) is 0 Å². The summed E-state index contributed by atoms with van der Waals surface area (Å²) in [7, 11) is 0. The molecule has 0 aromatic carbocycles. The molecule has 0 bridgehead atoms. The van der Waals surface area contributed by atoms with Gasteiger partial charge in [-0.2, -0.15) is 11.8 Å². The maximum absolute atomic E-state index is 11.3. The zero-order valence-electron chi connectivity index (χ0n) is 7.86. The van der Waals surface area contributed by atoms with Crippen LogP contribution in [0.5, 0.6) is 0 Å². The SMILES string of the molecule is O=C(O)C1(C2(O)COC2)CCCSC1. The molecule has 2 aliphatic rings. The highest BCUT2D eigenvalue weighted by Crippen LogP contribution is 2.46. The van der Waals surface area contributed by atoms with Crippen molar-refractivity contribution in [2.75, 3.05) is 24.7 Å². The fourth-order valence-corrected chi connectivity index (χ4v) is 3.48. The maximum atomic E-state index is 11.3. The number of ether oxygens (including phenoxy) is 1. The number of carboxylic acid groups (broad SMARTS) is 1. The minimum Gasteiger partial charge on any atom is -0.481 e. The van der Waals surface area contributed by atoms with Crippen LogP contribution in [0.25, 0.3) is 0 Å². The molecular weight excluding hydrogens is 204 g/mol. The highest BCUT2D eigenvalue weighted by atomic mass is 32.2. The van der Waals surface area contributed by atoms with Crippen molar-refractivity contribution in [3.05, 3.63) is 0 Å². The lowest BCUT2D eigenvalue weighted by Crippen LogP contribution is -2.66. The molecule has 14 heavy (non-hydrogen) atoms. The van der Waals surface area contributed by atoms with Gasteiger partial charge in [0.15, 0.2) is 0 Å². The van der Waals surface area contributed by atoms with Gasteiger partial charge in [0.25, 0.3) is 0 Å². The van der Waals surface area contributed by atoms with Gasteiger partial charge in [-0.05, 0) is 18.6 Å². The molecule has 0 aromatic heterocycles. The summed E-state index contributed by atoms with van der Waals surface area (Å²) in [6.07, 6.45) is 1.43. The van der Waals surface area contributed by atoms with Crippen LogP contribution in [0, 0.1) is 5.41 Å². The van der Waals surface area contributed by atoms with Crippen LogP contribution >= 0.6 is 11.8 Å². The van der Waals surface area contributed by atoms with E-state index in [1.807, 2.05) is 0 Å². The van der Waals surface area contributed by atoms with E-state index in [0.717, 1.165) is 12.2 Å². The zero-order chi connectivity index (χ0) is 10.2. The Morgan fingerprint density at radius 2 is 2.14 bits per heavy atom. The monoisotopic (exact) mass is 218 g/mol. The first kappa shape index (κ1) is 10.3. The fourth-order valence-electron chi connectivity index (χ4n) is 2.10. The van der Waals surface area contributed by atoms with Gasteiger partial charge < -0.3 is 14.9 Å². The molecule has 2 saturated heterocycles. The Labute approximate surface area is 86.6 Å². The topological polar surface area (TPSA) is 66.8 Å². The Hall–Kier alpha value is -0.260. The van der Waals surface area contributed by atoms with Crippen molar-refractivity contribution in [3.8, 4) is 0 Å². The average molecular weight is 218 g/mol. The van der Waals surface area contributed by atoms with Crippen molar-refractivity contribution in [3.63, 3.8) is 0 Å². The molecule has 0 aliphatic carbocycles. The minimum atomic E-state index is -1.13. The Kier molecular flexibility index (Phi) is 2.49. The summed E-state index contributed by atoms with van der Waals surface area (Å²) in [6.45, 7) is 0.333. The number of hydrogen-bond acceptors (Lipinski definition) is 4. The van der Waals surface area contributed by atoms with Gasteiger partial charge in [-0.1, -0.05) is 0 Å². The highest BCUT2D eigenvalue weighted by Gasteiger charge is 2.60. The zero-order valence-corrected chi connectivity index (χ0v) is 8.68. The fraction of sp³-hybridized carbons (Fsp3) is 0.889. The molecule has 5 heteroatoms. The van der Waals surface area contributed by atoms with Crippen molar-refractivity contribution in [1.82, 2.24) is 0 Å². The smallest absolute Gasteiger partial charge is 0.313 e. The van der Waals surface area contributed by atoms with E-state index in [-0.39, 0.29) is 13.2 Å². The van der Waals surface area contributed by atoms with Gasteiger partial charge in [0.2, 0.25) is 0 Å². The number of rotatable bonds is 2. The van der Waals surface area contributed by atoms with Crippen LogP contribution < -0.4 is 0 Å². The van der Waals surface area contributed by atoms with Gasteiger partial charge in [0, 0.05) is 5.75 Å². The number of aliphatic hydroxyl groups is 1. The number of thioether (sulfide) groups is 1. The average Bonchev–Trinajstić information content (AvgIpc) is 2.15. The normalized spacial score (nSPS) is 36.1. The standard InChI is InChI=1S/C9H14O4S/c10-7(11)8(2-1-3-14-6-8)9(12)4-13-5-9/h12H,1-6H2,(H,10,11). The van der Waals surface area contributed by atoms with Crippen molar-refractivity contribution in [2.24, 2.45) is 5.41 Å². The second kappa shape index (κ2) is 3.40. The first-order valence-corrected chi connectivity index (χ1v) is 5.87. The first-order valence-electron chi connectivity index (χ1n) is 4.72. The molecule has 2 aliphatic heterocycles. The third-order valence-corrected chi connectivity index (χ3v) is 4.50. The van der Waals surface area contributed by atoms with E-state index in [1.54, 1.807) is 11.8 Å². The summed E-state index contributed by atoms with van der Waals surface area (Å²) in [5.41, 5.74) is -2.11. The summed E-state index contributed by atoms with van der Waals surface area (Å²) in [5, 5.41) is 19.4. The number of carbonyl (C=O) groups is 1. The molecule has 2 heterocycles. The van der Waals surface area contributed by atoms with Crippen LogP contribution in [0.3, 0.4) is 0 Å². The Balaban J connectivity index is 2.24. The van der Waals surface area contributed by atoms with Gasteiger partial charge >= 0.3 is 5.97 Å². The molecule has 2 fully saturated rings. The molecule has 2 N–H and O–H groups in total. The first-order chi connectivity index (χ1) is 6.61. The maximum Gasteiger partial charge on any atom is 0.313 e. The van der Waals surface area contributed by atoms with E-state index in [1.165, 1.54) is 0 Å². The number of hydrogen-bond donors (Lipinski definition) is 2. The Morgan fingerprint density at radius 1 is 1.43 bits per heavy atom. The highest BCUT2D eigenvalue weighted by molar-refractivity contribution is 7.99. The van der Waals surface area contributed by atoms with E-state index in [0.29, 0.717) is 12.2 Å². The van der Waals surface area contributed by atoms with Crippen LogP contribution in [-0.4, -0.2) is 46.5 Å². The summed E-state index contributed by atoms with van der Waals surface area (Å²) in [5.74, 6) is 0.615. The molecule has 80 valence electrons. The van der Waals surface area contributed by atoms with Gasteiger partial charge in [-0.25, -0.2) is 0 Å². The molecule has 0 saturated carbocycles. The summed E-state index contributed by atoms with van der Waals surface area (Å²) < 4.78 is 4.94. The Bertz CT molecular complexity index is 243. The molecule has 0 radical (unpaired) electrons. The van der Waals surface area contributed by atoms with E-state index in [2.05, 4.69) is 0 Å². The molecule has 1 atom stereocenters. The number of aliphatic carboxylic acids is 1. The predicted molar refractivity (Wildman–Crippen MR) is 52.4 cm³/mol. The molecule has 0 amide bonds. The van der Waals surface area contributed by atoms with E-state index < -0.39 is 17.0 Å². The molecule has 0 aromatic rings. The lowest BCUT2D eigenvalue weighted by Gasteiger charge is -2.50. The lowest BCUT2D eigenvalue weighted by atomic mass is 9.68. The molecular formula is C9H14O4S. The van der Waals surface area contributed by atoms with Crippen LogP contribution in [0.1, 0.15) is 12.8 Å². The van der Waals surface area contributed by atoms with E-state index in [4.69, 9.17) is 4.74 Å². The third-order valence-electron chi connectivity index (χ3n) is 3.22. The molecule has 0 spiro atoms. The van der Waals surface area contributed by atoms with Gasteiger partial charge in [0.05, 0.1) is 13.2 Å². The van der Waals surface area contributed by atoms with Crippen molar-refractivity contribution in [2.45, 2.75) is 18.4 Å². The van der Waals surface area contributed by atoms with Crippen LogP contribution in [-0.2, 0) is 9.53 Å². The second-order valence-corrected chi connectivity index (χ2v) is 5.17. The van der Waals surface area contributed by atoms with Gasteiger partial charge in [-0.3, -0.25) is 4.79 Å². The Morgan fingerprint density at radius 3 is 2.50 bits per heavy atom. The van der Waals surface area contributed by atoms with Crippen LogP contribution in [0.15, 0.2) is 0 Å². The molecule has 2 rings (SSSR count). The second-order valence-electron chi connectivity index (χ2n) is 4.07. The van der Waals surface area contributed by atoms with Crippen molar-refractivity contribution >= 4 is 17.7 Å². The van der Waals surface area contributed by atoms with Crippen LogP contribution in [0.4, 0.5) is 0 Å². The van der Waals surface area contributed by atoms with Gasteiger partial charge in [-0.15, -0.1) is 0 Å². The number of carboxylic acids is 1. The third kappa shape index (κ3) is 1.26. The quantitative estimate of drug-likeness (QED) is 0.700. The lowest BCUT2D eigenvalue weighted by molar-refractivity contribution is -0.241. The predicted octanol–water partition coefficient (Wildman–Crippen LogP) is 0.346. The summed E-state index contributed by atoms with van der Waals surface area (Å²) in [6, 6.07) is 0. The van der Waals surface area contributed by atoms with E-state index >= 15 is 0 Å². The molecule has 1 unspecified atom stereocenters. The van der Waals surface area contributed by atoms with Crippen molar-refractivity contribution in [1.29, 1.82) is 0 Å². The summed E-state index contributed by atoms with van der Waals surface area (Å²) in [4.78, 5) is 11.3. The molecule has 4 nitrogen and oxygen atoms in total. The minimum absolute atomic E-state index is 0.167. The van der Waals surface area contributed by atoms with Crippen molar-refractivity contribution < 1.29 is 19.7 Å². The summed E-state index contributed by atoms with van der Waals surface area (Å²) >= 11 is 1.61.